The van der Waals surface area contributed by atoms with Crippen molar-refractivity contribution in [2.24, 2.45) is 0 Å². The van der Waals surface area contributed by atoms with Gasteiger partial charge in [-0.05, 0) is 73.9 Å². The van der Waals surface area contributed by atoms with Gasteiger partial charge >= 0.3 is 0 Å². The van der Waals surface area contributed by atoms with Crippen molar-refractivity contribution in [2.45, 2.75) is 62.6 Å². The van der Waals surface area contributed by atoms with Gasteiger partial charge in [0.2, 0.25) is 11.8 Å². The first-order valence-electron chi connectivity index (χ1n) is 14.8. The first-order valence-corrected chi connectivity index (χ1v) is 16.6. The number of nitrogens with one attached hydrogen (secondary N) is 1. The zero-order chi connectivity index (χ0) is 32.6. The molecule has 1 aliphatic carbocycles. The normalized spacial score (nSPS) is 14.2. The van der Waals surface area contributed by atoms with E-state index >= 15 is 0 Å². The Hall–Kier alpha value is -3.96. The highest BCUT2D eigenvalue weighted by Gasteiger charge is 2.33. The molecular formula is C33H40ClN3O7S. The number of benzene rings is 3. The molecule has 242 valence electrons. The second-order valence-corrected chi connectivity index (χ2v) is 13.2. The second-order valence-electron chi connectivity index (χ2n) is 10.9. The smallest absolute Gasteiger partial charge is 0.264 e. The molecule has 10 nitrogen and oxygen atoms in total. The fourth-order valence-electron chi connectivity index (χ4n) is 5.32. The summed E-state index contributed by atoms with van der Waals surface area (Å²) in [4.78, 5) is 29.0. The lowest BCUT2D eigenvalue weighted by molar-refractivity contribution is -0.139. The summed E-state index contributed by atoms with van der Waals surface area (Å²) in [6.07, 6.45) is 4.99. The predicted octanol–water partition coefficient (Wildman–Crippen LogP) is 5.43. The molecule has 1 fully saturated rings. The molecule has 3 aromatic carbocycles. The summed E-state index contributed by atoms with van der Waals surface area (Å²) in [5.41, 5.74) is 0.980. The van der Waals surface area contributed by atoms with Crippen LogP contribution < -0.4 is 23.8 Å². The Morgan fingerprint density at radius 3 is 2.13 bits per heavy atom. The van der Waals surface area contributed by atoms with E-state index in [-0.39, 0.29) is 34.8 Å². The van der Waals surface area contributed by atoms with Gasteiger partial charge in [-0.1, -0.05) is 43.0 Å². The molecule has 0 radical (unpaired) electrons. The monoisotopic (exact) mass is 657 g/mol. The average molecular weight is 658 g/mol. The third-order valence-corrected chi connectivity index (χ3v) is 9.99. The molecule has 0 aromatic heterocycles. The van der Waals surface area contributed by atoms with Gasteiger partial charge in [0.15, 0.2) is 11.5 Å². The van der Waals surface area contributed by atoms with Crippen LogP contribution in [0.15, 0.2) is 71.6 Å². The topological polar surface area (TPSA) is 114 Å². The first kappa shape index (κ1) is 33.9. The van der Waals surface area contributed by atoms with Gasteiger partial charge in [0.05, 0.1) is 31.9 Å². The van der Waals surface area contributed by atoms with Crippen LogP contribution in [0.25, 0.3) is 0 Å². The van der Waals surface area contributed by atoms with E-state index in [0.29, 0.717) is 16.5 Å². The average Bonchev–Trinajstić information content (AvgIpc) is 3.06. The Bertz CT molecular complexity index is 1560. The van der Waals surface area contributed by atoms with E-state index in [2.05, 4.69) is 5.32 Å². The molecule has 0 aliphatic heterocycles. The van der Waals surface area contributed by atoms with Gasteiger partial charge in [-0.15, -0.1) is 0 Å². The molecule has 1 aliphatic rings. The number of hydrogen-bond acceptors (Lipinski definition) is 7. The highest BCUT2D eigenvalue weighted by Crippen LogP contribution is 2.33. The van der Waals surface area contributed by atoms with Crippen LogP contribution in [0.4, 0.5) is 5.69 Å². The van der Waals surface area contributed by atoms with Crippen LogP contribution in [0.2, 0.25) is 5.02 Å². The van der Waals surface area contributed by atoms with Crippen LogP contribution in [-0.2, 0) is 26.2 Å². The molecule has 4 rings (SSSR count). The quantitative estimate of drug-likeness (QED) is 0.261. The van der Waals surface area contributed by atoms with Gasteiger partial charge in [0.25, 0.3) is 10.0 Å². The molecule has 0 heterocycles. The Morgan fingerprint density at radius 2 is 1.53 bits per heavy atom. The van der Waals surface area contributed by atoms with Gasteiger partial charge in [-0.2, -0.15) is 0 Å². The Labute approximate surface area is 270 Å². The summed E-state index contributed by atoms with van der Waals surface area (Å²) in [5, 5.41) is 3.51. The molecule has 0 saturated heterocycles. The minimum Gasteiger partial charge on any atom is -0.497 e. The number of ether oxygens (including phenoxy) is 3. The highest BCUT2D eigenvalue weighted by molar-refractivity contribution is 7.92. The Balaban J connectivity index is 1.70. The molecule has 12 heteroatoms. The van der Waals surface area contributed by atoms with E-state index in [4.69, 9.17) is 25.8 Å². The van der Waals surface area contributed by atoms with Gasteiger partial charge in [-0.25, -0.2) is 8.42 Å². The number of sulfonamides is 1. The number of carbonyl (C=O) groups excluding carboxylic acids is 2. The van der Waals surface area contributed by atoms with Crippen LogP contribution in [0, 0.1) is 0 Å². The summed E-state index contributed by atoms with van der Waals surface area (Å²) in [6, 6.07) is 16.7. The Morgan fingerprint density at radius 1 is 0.889 bits per heavy atom. The van der Waals surface area contributed by atoms with Crippen molar-refractivity contribution in [1.82, 2.24) is 10.2 Å². The fourth-order valence-corrected chi connectivity index (χ4v) is 6.88. The molecule has 45 heavy (non-hydrogen) atoms. The summed E-state index contributed by atoms with van der Waals surface area (Å²) >= 11 is 6.12. The van der Waals surface area contributed by atoms with Crippen molar-refractivity contribution < 1.29 is 32.2 Å². The van der Waals surface area contributed by atoms with Crippen LogP contribution in [0.1, 0.15) is 44.6 Å². The lowest BCUT2D eigenvalue weighted by Crippen LogP contribution is -2.53. The van der Waals surface area contributed by atoms with E-state index in [1.807, 2.05) is 12.1 Å². The number of hydrogen-bond donors (Lipinski definition) is 1. The minimum absolute atomic E-state index is 0.0441. The number of rotatable bonds is 13. The third kappa shape index (κ3) is 8.40. The standard InChI is InChI=1S/C33H40ClN3O7S/c1-23(33(39)35-26-8-6-5-7-9-26)36(21-24-10-16-28(42-2)17-11-24)32(38)22-37(27-14-12-25(34)13-15-27)45(40,41)29-18-19-30(43-3)31(20-29)44-4/h10-20,23,26H,5-9,21-22H2,1-4H3,(H,35,39)/t23-/m1/s1. The molecule has 1 atom stereocenters. The summed E-state index contributed by atoms with van der Waals surface area (Å²) < 4.78 is 45.2. The van der Waals surface area contributed by atoms with Crippen molar-refractivity contribution in [3.05, 3.63) is 77.3 Å². The maximum atomic E-state index is 14.2. The molecule has 1 N–H and O–H groups in total. The third-order valence-electron chi connectivity index (χ3n) is 7.97. The number of anilines is 1. The van der Waals surface area contributed by atoms with Crippen LogP contribution in [0.3, 0.4) is 0 Å². The fraction of sp³-hybridized carbons (Fsp3) is 0.394. The van der Waals surface area contributed by atoms with Crippen LogP contribution >= 0.6 is 11.6 Å². The van der Waals surface area contributed by atoms with Crippen molar-refractivity contribution in [2.75, 3.05) is 32.2 Å². The second kappa shape index (κ2) is 15.4. The first-order chi connectivity index (χ1) is 21.6. The van der Waals surface area contributed by atoms with Crippen LogP contribution in [-0.4, -0.2) is 65.1 Å². The van der Waals surface area contributed by atoms with Gasteiger partial charge in [0, 0.05) is 23.7 Å². The maximum Gasteiger partial charge on any atom is 0.264 e. The molecule has 1 saturated carbocycles. The zero-order valence-corrected chi connectivity index (χ0v) is 27.6. The number of halogens is 1. The van der Waals surface area contributed by atoms with Crippen molar-refractivity contribution in [3.63, 3.8) is 0 Å². The predicted molar refractivity (Wildman–Crippen MR) is 174 cm³/mol. The van der Waals surface area contributed by atoms with E-state index in [0.717, 1.165) is 42.0 Å². The van der Waals surface area contributed by atoms with E-state index in [1.165, 1.54) is 49.5 Å². The van der Waals surface area contributed by atoms with Gasteiger partial charge in [-0.3, -0.25) is 13.9 Å². The van der Waals surface area contributed by atoms with E-state index < -0.39 is 28.5 Å². The summed E-state index contributed by atoms with van der Waals surface area (Å²) in [6.45, 7) is 1.16. The van der Waals surface area contributed by atoms with Crippen LogP contribution in [0.5, 0.6) is 17.2 Å². The summed E-state index contributed by atoms with van der Waals surface area (Å²) in [5.74, 6) is 0.374. The summed E-state index contributed by atoms with van der Waals surface area (Å²) in [7, 11) is 0.109. The van der Waals surface area contributed by atoms with E-state index in [9.17, 15) is 18.0 Å². The van der Waals surface area contributed by atoms with E-state index in [1.54, 1.807) is 38.3 Å². The zero-order valence-electron chi connectivity index (χ0n) is 26.0. The SMILES string of the molecule is COc1ccc(CN(C(=O)CN(c2ccc(Cl)cc2)S(=O)(=O)c2ccc(OC)c(OC)c2)[C@H](C)C(=O)NC2CCCCC2)cc1. The molecule has 0 bridgehead atoms. The lowest BCUT2D eigenvalue weighted by Gasteiger charge is -2.33. The number of nitrogens with zero attached hydrogens (tertiary/aromatic N) is 2. The molecular weight excluding hydrogens is 618 g/mol. The molecule has 2 amide bonds. The van der Waals surface area contributed by atoms with Crippen molar-refractivity contribution in [3.8, 4) is 17.2 Å². The van der Waals surface area contributed by atoms with Crippen molar-refractivity contribution in [1.29, 1.82) is 0 Å². The van der Waals surface area contributed by atoms with Gasteiger partial charge in [0.1, 0.15) is 18.3 Å². The minimum atomic E-state index is -4.31. The highest BCUT2D eigenvalue weighted by atomic mass is 35.5. The Kier molecular flexibility index (Phi) is 11.6. The number of carbonyl (C=O) groups is 2. The maximum absolute atomic E-state index is 14.2. The number of amides is 2. The molecule has 0 unspecified atom stereocenters. The van der Waals surface area contributed by atoms with Gasteiger partial charge < -0.3 is 24.4 Å². The van der Waals surface area contributed by atoms with Crippen molar-refractivity contribution >= 4 is 39.1 Å². The molecule has 3 aromatic rings. The number of methoxy groups -OCH3 is 3. The largest absolute Gasteiger partial charge is 0.497 e. The lowest BCUT2D eigenvalue weighted by atomic mass is 9.95. The molecule has 0 spiro atoms.